The van der Waals surface area contributed by atoms with Crippen LogP contribution >= 0.6 is 12.2 Å². The second-order valence-corrected chi connectivity index (χ2v) is 5.33. The molecule has 0 bridgehead atoms. The highest BCUT2D eigenvalue weighted by molar-refractivity contribution is 7.80. The summed E-state index contributed by atoms with van der Waals surface area (Å²) in [6.45, 7) is 0. The molecule has 2 rings (SSSR count). The first-order valence-electron chi connectivity index (χ1n) is 6.77. The van der Waals surface area contributed by atoms with E-state index in [-0.39, 0.29) is 11.5 Å². The zero-order valence-corrected chi connectivity index (χ0v) is 12.0. The van der Waals surface area contributed by atoms with Gasteiger partial charge in [0.05, 0.1) is 6.21 Å². The first kappa shape index (κ1) is 14.6. The van der Waals surface area contributed by atoms with E-state index in [1.165, 1.54) is 37.6 Å². The Hall–Kier alpha value is -1.82. The number of benzene rings is 1. The maximum atomic E-state index is 9.35. The number of thiocarbonyl (C=S) groups is 1. The van der Waals surface area contributed by atoms with Crippen molar-refractivity contribution in [2.45, 2.75) is 38.1 Å². The second kappa shape index (κ2) is 7.09. The van der Waals surface area contributed by atoms with Crippen molar-refractivity contribution in [2.75, 3.05) is 0 Å². The molecule has 0 radical (unpaired) electrons. The summed E-state index contributed by atoms with van der Waals surface area (Å²) in [5.41, 5.74) is 3.43. The van der Waals surface area contributed by atoms with Crippen molar-refractivity contribution in [3.63, 3.8) is 0 Å². The Kier molecular flexibility index (Phi) is 5.17. The smallest absolute Gasteiger partial charge is 0.187 e. The molecule has 108 valence electrons. The number of phenols is 2. The molecule has 0 aliphatic heterocycles. The van der Waals surface area contributed by atoms with E-state index in [0.717, 1.165) is 12.8 Å². The molecular weight excluding hydrogens is 274 g/mol. The number of nitrogens with zero attached hydrogens (tertiary/aromatic N) is 1. The molecule has 0 heterocycles. The van der Waals surface area contributed by atoms with Gasteiger partial charge in [-0.15, -0.1) is 0 Å². The minimum Gasteiger partial charge on any atom is -0.504 e. The zero-order valence-electron chi connectivity index (χ0n) is 11.2. The highest BCUT2D eigenvalue weighted by Gasteiger charge is 2.13. The third-order valence-electron chi connectivity index (χ3n) is 3.32. The van der Waals surface area contributed by atoms with Crippen molar-refractivity contribution in [1.82, 2.24) is 10.7 Å². The molecule has 0 amide bonds. The van der Waals surface area contributed by atoms with Gasteiger partial charge in [-0.3, -0.25) is 5.43 Å². The first-order valence-corrected chi connectivity index (χ1v) is 7.17. The van der Waals surface area contributed by atoms with E-state index >= 15 is 0 Å². The molecule has 0 spiro atoms. The Bertz CT molecular complexity index is 499. The standard InChI is InChI=1S/C14H19N3O2S/c18-12-7-6-10(8-13(12)19)9-15-17-14(20)16-11-4-2-1-3-5-11/h6-9,11,18-19H,1-5H2,(H2,16,17,20). The van der Waals surface area contributed by atoms with Crippen LogP contribution in [0.4, 0.5) is 0 Å². The topological polar surface area (TPSA) is 76.9 Å². The highest BCUT2D eigenvalue weighted by atomic mass is 32.1. The quantitative estimate of drug-likeness (QED) is 0.297. The molecular formula is C14H19N3O2S. The Morgan fingerprint density at radius 1 is 1.20 bits per heavy atom. The van der Waals surface area contributed by atoms with Crippen LogP contribution in [0.2, 0.25) is 0 Å². The molecule has 1 aliphatic rings. The van der Waals surface area contributed by atoms with Crippen LogP contribution in [0.1, 0.15) is 37.7 Å². The van der Waals surface area contributed by atoms with Crippen LogP contribution in [0.5, 0.6) is 11.5 Å². The van der Waals surface area contributed by atoms with Crippen molar-refractivity contribution in [3.8, 4) is 11.5 Å². The summed E-state index contributed by atoms with van der Waals surface area (Å²) in [6.07, 6.45) is 7.64. The van der Waals surface area contributed by atoms with Gasteiger partial charge in [0.2, 0.25) is 0 Å². The SMILES string of the molecule is Oc1ccc(C=NNC(=S)NC2CCCCC2)cc1O. The molecule has 0 saturated heterocycles. The molecule has 1 aliphatic carbocycles. The van der Waals surface area contributed by atoms with Crippen molar-refractivity contribution < 1.29 is 10.2 Å². The Labute approximate surface area is 123 Å². The lowest BCUT2D eigenvalue weighted by Crippen LogP contribution is -2.40. The summed E-state index contributed by atoms with van der Waals surface area (Å²) < 4.78 is 0. The molecule has 5 nitrogen and oxygen atoms in total. The fourth-order valence-corrected chi connectivity index (χ4v) is 2.47. The van der Waals surface area contributed by atoms with E-state index in [9.17, 15) is 10.2 Å². The van der Waals surface area contributed by atoms with Crippen molar-refractivity contribution >= 4 is 23.5 Å². The minimum atomic E-state index is -0.170. The third kappa shape index (κ3) is 4.38. The van der Waals surface area contributed by atoms with Crippen LogP contribution in [-0.4, -0.2) is 27.6 Å². The molecule has 0 unspecified atom stereocenters. The molecule has 1 aromatic carbocycles. The summed E-state index contributed by atoms with van der Waals surface area (Å²) >= 11 is 5.17. The van der Waals surface area contributed by atoms with Gasteiger partial charge in [-0.2, -0.15) is 5.10 Å². The van der Waals surface area contributed by atoms with E-state index in [2.05, 4.69) is 15.8 Å². The van der Waals surface area contributed by atoms with Crippen molar-refractivity contribution in [2.24, 2.45) is 5.10 Å². The average Bonchev–Trinajstić information content (AvgIpc) is 2.44. The average molecular weight is 293 g/mol. The van der Waals surface area contributed by atoms with Gasteiger partial charge in [0.25, 0.3) is 0 Å². The van der Waals surface area contributed by atoms with E-state index in [4.69, 9.17) is 12.2 Å². The van der Waals surface area contributed by atoms with Gasteiger partial charge in [0, 0.05) is 6.04 Å². The summed E-state index contributed by atoms with van der Waals surface area (Å²) in [4.78, 5) is 0. The highest BCUT2D eigenvalue weighted by Crippen LogP contribution is 2.23. The maximum absolute atomic E-state index is 9.35. The molecule has 1 aromatic rings. The normalized spacial score (nSPS) is 16.2. The monoisotopic (exact) mass is 293 g/mol. The number of hydrogen-bond acceptors (Lipinski definition) is 4. The number of aromatic hydroxyl groups is 2. The Balaban J connectivity index is 1.79. The molecule has 0 aromatic heterocycles. The number of rotatable bonds is 3. The lowest BCUT2D eigenvalue weighted by molar-refractivity contribution is 0.403. The van der Waals surface area contributed by atoms with Crippen LogP contribution in [0.15, 0.2) is 23.3 Å². The fraction of sp³-hybridized carbons (Fsp3) is 0.429. The van der Waals surface area contributed by atoms with Crippen molar-refractivity contribution in [1.29, 1.82) is 0 Å². The summed E-state index contributed by atoms with van der Waals surface area (Å²) in [5, 5.41) is 26.3. The summed E-state index contributed by atoms with van der Waals surface area (Å²) in [5.74, 6) is -0.318. The predicted octanol–water partition coefficient (Wildman–Crippen LogP) is 2.23. The second-order valence-electron chi connectivity index (χ2n) is 4.93. The Morgan fingerprint density at radius 3 is 2.65 bits per heavy atom. The van der Waals surface area contributed by atoms with Crippen molar-refractivity contribution in [3.05, 3.63) is 23.8 Å². The molecule has 4 N–H and O–H groups in total. The minimum absolute atomic E-state index is 0.149. The van der Waals surface area contributed by atoms with Crippen LogP contribution in [0.3, 0.4) is 0 Å². The number of nitrogens with one attached hydrogen (secondary N) is 2. The van der Waals surface area contributed by atoms with Gasteiger partial charge >= 0.3 is 0 Å². The summed E-state index contributed by atoms with van der Waals surface area (Å²) in [6, 6.07) is 4.93. The van der Waals surface area contributed by atoms with Crippen LogP contribution in [-0.2, 0) is 0 Å². The maximum Gasteiger partial charge on any atom is 0.187 e. The largest absolute Gasteiger partial charge is 0.504 e. The lowest BCUT2D eigenvalue weighted by atomic mass is 9.96. The van der Waals surface area contributed by atoms with Crippen LogP contribution < -0.4 is 10.7 Å². The van der Waals surface area contributed by atoms with Crippen LogP contribution in [0, 0.1) is 0 Å². The van der Waals surface area contributed by atoms with Gasteiger partial charge in [0.15, 0.2) is 16.6 Å². The van der Waals surface area contributed by atoms with E-state index in [0.29, 0.717) is 16.7 Å². The van der Waals surface area contributed by atoms with Gasteiger partial charge in [0.1, 0.15) is 0 Å². The lowest BCUT2D eigenvalue weighted by Gasteiger charge is -2.23. The van der Waals surface area contributed by atoms with E-state index < -0.39 is 0 Å². The fourth-order valence-electron chi connectivity index (χ4n) is 2.25. The molecule has 0 atom stereocenters. The van der Waals surface area contributed by atoms with E-state index in [1.54, 1.807) is 6.07 Å². The molecule has 20 heavy (non-hydrogen) atoms. The van der Waals surface area contributed by atoms with Gasteiger partial charge in [-0.05, 0) is 48.8 Å². The molecule has 1 saturated carbocycles. The number of hydrogen-bond donors (Lipinski definition) is 4. The number of hydrazone groups is 1. The van der Waals surface area contributed by atoms with Crippen LogP contribution in [0.25, 0.3) is 0 Å². The Morgan fingerprint density at radius 2 is 1.95 bits per heavy atom. The number of phenolic OH excluding ortho intramolecular Hbond substituents is 2. The molecule has 1 fully saturated rings. The van der Waals surface area contributed by atoms with Gasteiger partial charge in [-0.1, -0.05) is 19.3 Å². The van der Waals surface area contributed by atoms with E-state index in [1.807, 2.05) is 0 Å². The first-order chi connectivity index (χ1) is 9.65. The summed E-state index contributed by atoms with van der Waals surface area (Å²) in [7, 11) is 0. The zero-order chi connectivity index (χ0) is 14.4. The predicted molar refractivity (Wildman–Crippen MR) is 83.1 cm³/mol. The van der Waals surface area contributed by atoms with Gasteiger partial charge < -0.3 is 15.5 Å². The molecule has 6 heteroatoms. The third-order valence-corrected chi connectivity index (χ3v) is 3.53. The van der Waals surface area contributed by atoms with Gasteiger partial charge in [-0.25, -0.2) is 0 Å².